The highest BCUT2D eigenvalue weighted by molar-refractivity contribution is 5.66. The van der Waals surface area contributed by atoms with E-state index in [1.165, 1.54) is 5.56 Å². The van der Waals surface area contributed by atoms with Crippen molar-refractivity contribution in [1.29, 1.82) is 5.26 Å². The number of benzene rings is 2. The molecule has 0 aliphatic rings. The Kier molecular flexibility index (Phi) is 3.71. The summed E-state index contributed by atoms with van der Waals surface area (Å²) in [7, 11) is 0. The Labute approximate surface area is 136 Å². The van der Waals surface area contributed by atoms with Crippen LogP contribution >= 0.6 is 0 Å². The summed E-state index contributed by atoms with van der Waals surface area (Å²) in [6, 6.07) is 20.1. The van der Waals surface area contributed by atoms with Crippen molar-refractivity contribution < 1.29 is 0 Å². The van der Waals surface area contributed by atoms with Gasteiger partial charge in [-0.15, -0.1) is 5.10 Å². The molecule has 0 saturated carbocycles. The monoisotopic (exact) mass is 302 g/mol. The predicted octanol–water partition coefficient (Wildman–Crippen LogP) is 4.10. The van der Waals surface area contributed by atoms with Crippen LogP contribution < -0.4 is 0 Å². The lowest BCUT2D eigenvalue weighted by molar-refractivity contribution is 0.590. The zero-order chi connectivity index (χ0) is 16.4. The van der Waals surface area contributed by atoms with Gasteiger partial charge in [-0.1, -0.05) is 68.4 Å². The van der Waals surface area contributed by atoms with Crippen molar-refractivity contribution >= 4 is 0 Å². The molecule has 0 aliphatic carbocycles. The molecule has 0 fully saturated rings. The van der Waals surface area contributed by atoms with Gasteiger partial charge in [-0.3, -0.25) is 0 Å². The standard InChI is InChI=1S/C19H18N4/c1-19(2,3)15-9-11-16(12-10-15)23-18(17(13-20)21-22-23)14-7-5-4-6-8-14/h4-12H,1-3H3. The van der Waals surface area contributed by atoms with Crippen LogP contribution in [0.5, 0.6) is 0 Å². The number of nitriles is 1. The molecule has 0 spiro atoms. The minimum absolute atomic E-state index is 0.0982. The van der Waals surface area contributed by atoms with Crippen LogP contribution in [-0.4, -0.2) is 15.0 Å². The van der Waals surface area contributed by atoms with E-state index in [-0.39, 0.29) is 5.41 Å². The van der Waals surface area contributed by atoms with Crippen molar-refractivity contribution in [2.45, 2.75) is 26.2 Å². The first-order valence-electron chi connectivity index (χ1n) is 7.53. The smallest absolute Gasteiger partial charge is 0.191 e. The molecular weight excluding hydrogens is 284 g/mol. The quantitative estimate of drug-likeness (QED) is 0.716. The fourth-order valence-electron chi connectivity index (χ4n) is 2.50. The van der Waals surface area contributed by atoms with E-state index in [4.69, 9.17) is 0 Å². The first kappa shape index (κ1) is 15.0. The van der Waals surface area contributed by atoms with Crippen LogP contribution in [0.2, 0.25) is 0 Å². The highest BCUT2D eigenvalue weighted by atomic mass is 15.4. The van der Waals surface area contributed by atoms with Crippen LogP contribution in [0, 0.1) is 11.3 Å². The highest BCUT2D eigenvalue weighted by Crippen LogP contribution is 2.27. The largest absolute Gasteiger partial charge is 0.211 e. The summed E-state index contributed by atoms with van der Waals surface area (Å²) in [5, 5.41) is 17.5. The molecule has 3 rings (SSSR count). The Balaban J connectivity index is 2.11. The summed E-state index contributed by atoms with van der Waals surface area (Å²) in [6.07, 6.45) is 0. The molecule has 0 radical (unpaired) electrons. The molecule has 0 unspecified atom stereocenters. The van der Waals surface area contributed by atoms with Gasteiger partial charge >= 0.3 is 0 Å². The zero-order valence-electron chi connectivity index (χ0n) is 13.5. The normalized spacial score (nSPS) is 11.2. The fraction of sp³-hybridized carbons (Fsp3) is 0.211. The van der Waals surface area contributed by atoms with Gasteiger partial charge in [0.15, 0.2) is 5.69 Å². The van der Waals surface area contributed by atoms with Gasteiger partial charge in [-0.05, 0) is 23.1 Å². The Morgan fingerprint density at radius 2 is 1.61 bits per heavy atom. The molecule has 2 aromatic carbocycles. The van der Waals surface area contributed by atoms with E-state index in [1.54, 1.807) is 4.68 Å². The Morgan fingerprint density at radius 1 is 0.957 bits per heavy atom. The van der Waals surface area contributed by atoms with Gasteiger partial charge in [-0.2, -0.15) is 5.26 Å². The number of hydrogen-bond acceptors (Lipinski definition) is 3. The third-order valence-electron chi connectivity index (χ3n) is 3.80. The Hall–Kier alpha value is -2.93. The van der Waals surface area contributed by atoms with E-state index in [0.29, 0.717) is 5.69 Å². The third kappa shape index (κ3) is 2.86. The van der Waals surface area contributed by atoms with Gasteiger partial charge in [0.25, 0.3) is 0 Å². The van der Waals surface area contributed by atoms with Crippen molar-refractivity contribution in [2.75, 3.05) is 0 Å². The van der Waals surface area contributed by atoms with Crippen molar-refractivity contribution in [1.82, 2.24) is 15.0 Å². The summed E-state index contributed by atoms with van der Waals surface area (Å²) in [6.45, 7) is 6.54. The molecule has 3 aromatic rings. The minimum Gasteiger partial charge on any atom is -0.211 e. The van der Waals surface area contributed by atoms with Gasteiger partial charge in [0.2, 0.25) is 0 Å². The number of nitrogens with zero attached hydrogens (tertiary/aromatic N) is 4. The maximum atomic E-state index is 9.32. The topological polar surface area (TPSA) is 54.5 Å². The lowest BCUT2D eigenvalue weighted by Gasteiger charge is -2.19. The molecule has 0 amide bonds. The van der Waals surface area contributed by atoms with Crippen molar-refractivity contribution in [2.24, 2.45) is 0 Å². The van der Waals surface area contributed by atoms with Gasteiger partial charge in [-0.25, -0.2) is 4.68 Å². The summed E-state index contributed by atoms with van der Waals surface area (Å²) in [5.74, 6) is 0. The summed E-state index contributed by atoms with van der Waals surface area (Å²) in [4.78, 5) is 0. The van der Waals surface area contributed by atoms with Crippen LogP contribution in [-0.2, 0) is 5.41 Å². The third-order valence-corrected chi connectivity index (χ3v) is 3.80. The van der Waals surface area contributed by atoms with E-state index >= 15 is 0 Å². The molecule has 0 N–H and O–H groups in total. The van der Waals surface area contributed by atoms with E-state index in [1.807, 2.05) is 42.5 Å². The molecule has 1 aromatic heterocycles. The Bertz CT molecular complexity index is 847. The molecule has 0 aliphatic heterocycles. The zero-order valence-corrected chi connectivity index (χ0v) is 13.5. The second-order valence-corrected chi connectivity index (χ2v) is 6.47. The minimum atomic E-state index is 0.0982. The fourth-order valence-corrected chi connectivity index (χ4v) is 2.50. The van der Waals surface area contributed by atoms with E-state index < -0.39 is 0 Å². The van der Waals surface area contributed by atoms with Crippen molar-refractivity contribution in [3.63, 3.8) is 0 Å². The maximum Gasteiger partial charge on any atom is 0.191 e. The highest BCUT2D eigenvalue weighted by Gasteiger charge is 2.17. The molecule has 4 heteroatoms. The lowest BCUT2D eigenvalue weighted by Crippen LogP contribution is -2.11. The molecule has 1 heterocycles. The first-order chi connectivity index (χ1) is 11.0. The number of rotatable bonds is 2. The van der Waals surface area contributed by atoms with Gasteiger partial charge in [0.1, 0.15) is 11.8 Å². The molecule has 0 atom stereocenters. The lowest BCUT2D eigenvalue weighted by atomic mass is 9.87. The molecule has 0 bridgehead atoms. The van der Waals surface area contributed by atoms with Gasteiger partial charge in [0.05, 0.1) is 5.69 Å². The maximum absolute atomic E-state index is 9.32. The second kappa shape index (κ2) is 5.69. The van der Waals surface area contributed by atoms with Crippen LogP contribution in [0.4, 0.5) is 0 Å². The average molecular weight is 302 g/mol. The van der Waals surface area contributed by atoms with E-state index in [9.17, 15) is 5.26 Å². The molecular formula is C19H18N4. The summed E-state index contributed by atoms with van der Waals surface area (Å²) < 4.78 is 1.72. The van der Waals surface area contributed by atoms with Crippen LogP contribution in [0.1, 0.15) is 32.0 Å². The van der Waals surface area contributed by atoms with Gasteiger partial charge < -0.3 is 0 Å². The van der Waals surface area contributed by atoms with Crippen molar-refractivity contribution in [3.8, 4) is 23.0 Å². The second-order valence-electron chi connectivity index (χ2n) is 6.47. The van der Waals surface area contributed by atoms with Crippen molar-refractivity contribution in [3.05, 3.63) is 65.9 Å². The number of aromatic nitrogens is 3. The van der Waals surface area contributed by atoms with E-state index in [0.717, 1.165) is 16.9 Å². The van der Waals surface area contributed by atoms with Crippen LogP contribution in [0.25, 0.3) is 16.9 Å². The molecule has 0 saturated heterocycles. The van der Waals surface area contributed by atoms with Crippen LogP contribution in [0.15, 0.2) is 54.6 Å². The summed E-state index contributed by atoms with van der Waals surface area (Å²) in [5.41, 5.74) is 4.22. The first-order valence-corrected chi connectivity index (χ1v) is 7.53. The molecule has 4 nitrogen and oxygen atoms in total. The predicted molar refractivity (Wildman–Crippen MR) is 90.2 cm³/mol. The SMILES string of the molecule is CC(C)(C)c1ccc(-n2nnc(C#N)c2-c2ccccc2)cc1. The average Bonchev–Trinajstić information content (AvgIpc) is 2.99. The Morgan fingerprint density at radius 3 is 2.17 bits per heavy atom. The summed E-state index contributed by atoms with van der Waals surface area (Å²) >= 11 is 0. The van der Waals surface area contributed by atoms with Crippen LogP contribution in [0.3, 0.4) is 0 Å². The van der Waals surface area contributed by atoms with E-state index in [2.05, 4.69) is 49.3 Å². The molecule has 114 valence electrons. The number of hydrogen-bond donors (Lipinski definition) is 0. The molecule has 23 heavy (non-hydrogen) atoms. The van der Waals surface area contributed by atoms with Gasteiger partial charge in [0, 0.05) is 5.56 Å².